The van der Waals surface area contributed by atoms with E-state index in [2.05, 4.69) is 0 Å². The molecule has 1 fully saturated rings. The van der Waals surface area contributed by atoms with Gasteiger partial charge in [-0.15, -0.1) is 0 Å². The zero-order valence-corrected chi connectivity index (χ0v) is 19.5. The average molecular weight is 499 g/mol. The number of carbonyl (C=O) groups excluding carboxylic acids is 2. The number of hydrogen-bond donors (Lipinski definition) is 1. The highest BCUT2D eigenvalue weighted by Gasteiger charge is 2.47. The largest absolute Gasteiger partial charge is 0.507 e. The number of ether oxygens (including phenoxy) is 1. The molecule has 0 radical (unpaired) electrons. The van der Waals surface area contributed by atoms with Gasteiger partial charge in [-0.2, -0.15) is 13.2 Å². The van der Waals surface area contributed by atoms with Gasteiger partial charge in [-0.25, -0.2) is 4.39 Å². The lowest BCUT2D eigenvalue weighted by Gasteiger charge is -2.26. The fourth-order valence-corrected chi connectivity index (χ4v) is 4.44. The number of nitrogens with zero attached hydrogens (tertiary/aromatic N) is 1. The number of Topliss-reactive ketones (excluding diaryl/α,β-unsaturated/α-hetero) is 1. The number of halogens is 4. The number of aryl methyl sites for hydroxylation is 2. The Hall–Kier alpha value is -4.14. The van der Waals surface area contributed by atoms with E-state index in [4.69, 9.17) is 4.74 Å². The second kappa shape index (κ2) is 9.14. The van der Waals surface area contributed by atoms with E-state index in [0.29, 0.717) is 5.56 Å². The van der Waals surface area contributed by atoms with Crippen LogP contribution in [-0.4, -0.2) is 23.9 Å². The first-order valence-corrected chi connectivity index (χ1v) is 10.8. The van der Waals surface area contributed by atoms with Gasteiger partial charge in [0.15, 0.2) is 0 Å². The number of benzene rings is 3. The van der Waals surface area contributed by atoms with Crippen LogP contribution in [0.4, 0.5) is 23.2 Å². The van der Waals surface area contributed by atoms with Crippen LogP contribution in [0.1, 0.15) is 33.9 Å². The van der Waals surface area contributed by atoms with Crippen LogP contribution in [0.15, 0.2) is 66.2 Å². The van der Waals surface area contributed by atoms with Crippen LogP contribution in [-0.2, 0) is 15.8 Å². The van der Waals surface area contributed by atoms with Crippen LogP contribution in [0.25, 0.3) is 5.76 Å². The number of aliphatic hydroxyl groups excluding tert-OH is 1. The van der Waals surface area contributed by atoms with Crippen LogP contribution in [0, 0.1) is 19.7 Å². The Morgan fingerprint density at radius 2 is 1.67 bits per heavy atom. The molecule has 0 spiro atoms. The van der Waals surface area contributed by atoms with E-state index in [1.807, 2.05) is 0 Å². The first-order valence-electron chi connectivity index (χ1n) is 10.8. The summed E-state index contributed by atoms with van der Waals surface area (Å²) in [4.78, 5) is 27.3. The van der Waals surface area contributed by atoms with Crippen molar-refractivity contribution in [2.45, 2.75) is 26.1 Å². The van der Waals surface area contributed by atoms with Gasteiger partial charge in [-0.3, -0.25) is 14.5 Å². The molecule has 1 saturated heterocycles. The molecule has 1 aliphatic rings. The van der Waals surface area contributed by atoms with Gasteiger partial charge < -0.3 is 9.84 Å². The fourth-order valence-electron chi connectivity index (χ4n) is 4.44. The molecule has 0 bridgehead atoms. The van der Waals surface area contributed by atoms with E-state index in [1.54, 1.807) is 26.0 Å². The predicted octanol–water partition coefficient (Wildman–Crippen LogP) is 6.10. The average Bonchev–Trinajstić information content (AvgIpc) is 3.08. The van der Waals surface area contributed by atoms with Crippen LogP contribution < -0.4 is 9.64 Å². The van der Waals surface area contributed by atoms with Crippen molar-refractivity contribution in [2.75, 3.05) is 12.0 Å². The van der Waals surface area contributed by atoms with Gasteiger partial charge in [-0.1, -0.05) is 24.3 Å². The van der Waals surface area contributed by atoms with Crippen molar-refractivity contribution in [3.63, 3.8) is 0 Å². The number of alkyl halides is 3. The zero-order valence-electron chi connectivity index (χ0n) is 19.5. The maximum absolute atomic E-state index is 13.7. The minimum absolute atomic E-state index is 0.143. The monoisotopic (exact) mass is 499 g/mol. The molecule has 186 valence electrons. The number of hydrogen-bond acceptors (Lipinski definition) is 4. The van der Waals surface area contributed by atoms with Gasteiger partial charge in [0, 0.05) is 5.69 Å². The molecule has 3 aromatic rings. The maximum atomic E-state index is 13.7. The van der Waals surface area contributed by atoms with Crippen molar-refractivity contribution in [1.29, 1.82) is 0 Å². The highest BCUT2D eigenvalue weighted by Crippen LogP contribution is 2.44. The maximum Gasteiger partial charge on any atom is 0.416 e. The summed E-state index contributed by atoms with van der Waals surface area (Å²) in [6.07, 6.45) is -4.69. The molecule has 9 heteroatoms. The van der Waals surface area contributed by atoms with Crippen molar-refractivity contribution < 1.29 is 37.0 Å². The number of aliphatic hydroxyl groups is 1. The Balaban J connectivity index is 2.00. The summed E-state index contributed by atoms with van der Waals surface area (Å²) in [5.74, 6) is -3.11. The van der Waals surface area contributed by atoms with Gasteiger partial charge in [0.2, 0.25) is 0 Å². The molecular formula is C27H21F4NO4. The van der Waals surface area contributed by atoms with E-state index < -0.39 is 41.0 Å². The number of carbonyl (C=O) groups is 2. The van der Waals surface area contributed by atoms with Crippen LogP contribution >= 0.6 is 0 Å². The van der Waals surface area contributed by atoms with Gasteiger partial charge in [0.1, 0.15) is 17.3 Å². The van der Waals surface area contributed by atoms with Gasteiger partial charge >= 0.3 is 6.18 Å². The second-order valence-corrected chi connectivity index (χ2v) is 8.43. The SMILES string of the molecule is COc1c(C)cc(C)cc1/C(O)=C1\C(=O)C(=O)N(c2cccc(C(F)(F)F)c2)C1c1ccc(F)cc1. The number of amides is 1. The molecule has 0 aliphatic carbocycles. The van der Waals surface area contributed by atoms with E-state index in [-0.39, 0.29) is 28.1 Å². The molecule has 1 amide bonds. The van der Waals surface area contributed by atoms with E-state index in [0.717, 1.165) is 40.8 Å². The Bertz CT molecular complexity index is 1390. The summed E-state index contributed by atoms with van der Waals surface area (Å²) in [6.45, 7) is 3.50. The molecule has 1 N–H and O–H groups in total. The molecular weight excluding hydrogens is 478 g/mol. The number of ketones is 1. The molecule has 0 saturated carbocycles. The first kappa shape index (κ1) is 25.0. The number of anilines is 1. The highest BCUT2D eigenvalue weighted by atomic mass is 19.4. The summed E-state index contributed by atoms with van der Waals surface area (Å²) in [7, 11) is 1.38. The van der Waals surface area contributed by atoms with Gasteiger partial charge in [0.05, 0.1) is 29.9 Å². The summed E-state index contributed by atoms with van der Waals surface area (Å²) in [5, 5.41) is 11.4. The van der Waals surface area contributed by atoms with Crippen LogP contribution in [0.5, 0.6) is 5.75 Å². The normalized spacial score (nSPS) is 17.5. The van der Waals surface area contributed by atoms with Crippen LogP contribution in [0.3, 0.4) is 0 Å². The molecule has 1 unspecified atom stereocenters. The third kappa shape index (κ3) is 4.32. The topological polar surface area (TPSA) is 66.8 Å². The molecule has 0 aromatic heterocycles. The fraction of sp³-hybridized carbons (Fsp3) is 0.185. The summed E-state index contributed by atoms with van der Waals surface area (Å²) in [5.41, 5.74) is 0.183. The van der Waals surface area contributed by atoms with Gasteiger partial charge in [0.25, 0.3) is 11.7 Å². The second-order valence-electron chi connectivity index (χ2n) is 8.43. The lowest BCUT2D eigenvalue weighted by Crippen LogP contribution is -2.29. The Labute approximate surface area is 204 Å². The van der Waals surface area contributed by atoms with Crippen molar-refractivity contribution in [3.8, 4) is 5.75 Å². The molecule has 1 atom stereocenters. The number of methoxy groups -OCH3 is 1. The van der Waals surface area contributed by atoms with Crippen molar-refractivity contribution >= 4 is 23.1 Å². The molecule has 1 heterocycles. The van der Waals surface area contributed by atoms with Gasteiger partial charge in [-0.05, 0) is 66.9 Å². The Morgan fingerprint density at radius 1 is 1.00 bits per heavy atom. The zero-order chi connectivity index (χ0) is 26.4. The minimum Gasteiger partial charge on any atom is -0.507 e. The lowest BCUT2D eigenvalue weighted by atomic mass is 9.93. The summed E-state index contributed by atoms with van der Waals surface area (Å²) in [6, 6.07) is 10.8. The van der Waals surface area contributed by atoms with Crippen molar-refractivity contribution in [1.82, 2.24) is 0 Å². The standard InChI is InChI=1S/C27H21F4NO4/c1-14-11-15(2)25(36-3)20(12-14)23(33)21-22(16-7-9-18(28)10-8-16)32(26(35)24(21)34)19-6-4-5-17(13-19)27(29,30)31/h4-13,22,33H,1-3H3/b23-21+. The van der Waals surface area contributed by atoms with Crippen molar-refractivity contribution in [3.05, 3.63) is 99.9 Å². The smallest absolute Gasteiger partial charge is 0.416 e. The highest BCUT2D eigenvalue weighted by molar-refractivity contribution is 6.51. The number of rotatable bonds is 4. The van der Waals surface area contributed by atoms with E-state index >= 15 is 0 Å². The predicted molar refractivity (Wildman–Crippen MR) is 125 cm³/mol. The minimum atomic E-state index is -4.69. The summed E-state index contributed by atoms with van der Waals surface area (Å²) < 4.78 is 59.3. The Morgan fingerprint density at radius 3 is 2.28 bits per heavy atom. The Kier molecular flexibility index (Phi) is 6.34. The molecule has 4 rings (SSSR count). The molecule has 36 heavy (non-hydrogen) atoms. The third-order valence-electron chi connectivity index (χ3n) is 5.96. The van der Waals surface area contributed by atoms with Crippen LogP contribution in [0.2, 0.25) is 0 Å². The third-order valence-corrected chi connectivity index (χ3v) is 5.96. The summed E-state index contributed by atoms with van der Waals surface area (Å²) >= 11 is 0. The van der Waals surface area contributed by atoms with E-state index in [1.165, 1.54) is 25.3 Å². The molecule has 1 aliphatic heterocycles. The lowest BCUT2D eigenvalue weighted by molar-refractivity contribution is -0.137. The quantitative estimate of drug-likeness (QED) is 0.204. The molecule has 3 aromatic carbocycles. The first-order chi connectivity index (χ1) is 16.9. The molecule has 5 nitrogen and oxygen atoms in total. The van der Waals surface area contributed by atoms with E-state index in [9.17, 15) is 32.3 Å². The van der Waals surface area contributed by atoms with Crippen molar-refractivity contribution in [2.24, 2.45) is 0 Å².